The van der Waals surface area contributed by atoms with Crippen molar-refractivity contribution in [3.8, 4) is 0 Å². The van der Waals surface area contributed by atoms with Gasteiger partial charge in [-0.15, -0.1) is 0 Å². The monoisotopic (exact) mass is 223 g/mol. The number of aryl methyl sites for hydroxylation is 2. The summed E-state index contributed by atoms with van der Waals surface area (Å²) in [4.78, 5) is 8.84. The Morgan fingerprint density at radius 1 is 1.40 bits per heavy atom. The Hall–Kier alpha value is -0.610. The van der Waals surface area contributed by atoms with E-state index in [9.17, 15) is 0 Å². The highest BCUT2D eigenvalue weighted by Gasteiger charge is 2.14. The molecule has 0 aromatic carbocycles. The summed E-state index contributed by atoms with van der Waals surface area (Å²) in [5, 5.41) is 4.40. The maximum Gasteiger partial charge on any atom is 0.188 e. The normalized spacial score (nSPS) is 20.8. The van der Waals surface area contributed by atoms with Crippen molar-refractivity contribution < 1.29 is 0 Å². The molecule has 0 saturated carbocycles. The molecule has 1 fully saturated rings. The van der Waals surface area contributed by atoms with Gasteiger partial charge in [0.2, 0.25) is 0 Å². The van der Waals surface area contributed by atoms with Crippen molar-refractivity contribution in [2.24, 2.45) is 0 Å². The van der Waals surface area contributed by atoms with Crippen LogP contribution in [0.2, 0.25) is 0 Å². The zero-order chi connectivity index (χ0) is 10.7. The molecule has 1 atom stereocenters. The molecule has 3 nitrogen and oxygen atoms in total. The van der Waals surface area contributed by atoms with E-state index in [1.165, 1.54) is 19.4 Å². The third-order valence-electron chi connectivity index (χ3n) is 2.54. The van der Waals surface area contributed by atoms with Crippen LogP contribution in [-0.4, -0.2) is 28.3 Å². The molecule has 2 rings (SSSR count). The molecule has 1 aliphatic heterocycles. The zero-order valence-electron chi connectivity index (χ0n) is 9.29. The second kappa shape index (κ2) is 4.94. The molecule has 15 heavy (non-hydrogen) atoms. The van der Waals surface area contributed by atoms with E-state index in [4.69, 9.17) is 0 Å². The minimum atomic E-state index is 0.652. The van der Waals surface area contributed by atoms with Gasteiger partial charge in [-0.05, 0) is 39.3 Å². The lowest BCUT2D eigenvalue weighted by Gasteiger charge is -2.08. The molecule has 4 heteroatoms. The maximum absolute atomic E-state index is 4.42. The van der Waals surface area contributed by atoms with Crippen molar-refractivity contribution in [2.45, 2.75) is 37.9 Å². The van der Waals surface area contributed by atoms with Crippen LogP contribution >= 0.6 is 11.8 Å². The molecule has 0 unspecified atom stereocenters. The number of nitrogens with zero attached hydrogens (tertiary/aromatic N) is 2. The number of aromatic nitrogens is 2. The Bertz CT molecular complexity index is 314. The summed E-state index contributed by atoms with van der Waals surface area (Å²) in [5.41, 5.74) is 2.12. The fourth-order valence-electron chi connectivity index (χ4n) is 1.83. The molecule has 1 saturated heterocycles. The third kappa shape index (κ3) is 3.18. The summed E-state index contributed by atoms with van der Waals surface area (Å²) < 4.78 is 0. The van der Waals surface area contributed by atoms with E-state index in [1.54, 1.807) is 11.8 Å². The number of nitrogens with one attached hydrogen (secondary N) is 1. The largest absolute Gasteiger partial charge is 0.313 e. The summed E-state index contributed by atoms with van der Waals surface area (Å²) in [6.07, 6.45) is 2.59. The van der Waals surface area contributed by atoms with Crippen molar-refractivity contribution in [1.82, 2.24) is 15.3 Å². The maximum atomic E-state index is 4.42. The van der Waals surface area contributed by atoms with E-state index in [0.29, 0.717) is 6.04 Å². The Morgan fingerprint density at radius 3 is 2.73 bits per heavy atom. The first-order valence-electron chi connectivity index (χ1n) is 5.42. The Kier molecular flexibility index (Phi) is 3.59. The molecule has 1 N–H and O–H groups in total. The summed E-state index contributed by atoms with van der Waals surface area (Å²) in [5.74, 6) is 1.09. The van der Waals surface area contributed by atoms with Crippen LogP contribution in [-0.2, 0) is 0 Å². The highest BCUT2D eigenvalue weighted by molar-refractivity contribution is 7.99. The predicted octanol–water partition coefficient (Wildman–Crippen LogP) is 1.94. The standard InChI is InChI=1S/C11H17N3S/c1-8-6-9(2)14-11(13-8)15-7-10-4-3-5-12-10/h6,10,12H,3-5,7H2,1-2H3/t10-/m0/s1. The van der Waals surface area contributed by atoms with E-state index < -0.39 is 0 Å². The molecule has 0 radical (unpaired) electrons. The molecule has 0 bridgehead atoms. The van der Waals surface area contributed by atoms with Gasteiger partial charge in [-0.25, -0.2) is 9.97 Å². The minimum Gasteiger partial charge on any atom is -0.313 e. The third-order valence-corrected chi connectivity index (χ3v) is 3.55. The summed E-state index contributed by atoms with van der Waals surface area (Å²) in [6.45, 7) is 5.21. The Morgan fingerprint density at radius 2 is 2.13 bits per heavy atom. The highest BCUT2D eigenvalue weighted by Crippen LogP contribution is 2.18. The quantitative estimate of drug-likeness (QED) is 0.628. The lowest BCUT2D eigenvalue weighted by molar-refractivity contribution is 0.672. The molecule has 1 aromatic heterocycles. The van der Waals surface area contributed by atoms with Crippen LogP contribution < -0.4 is 5.32 Å². The van der Waals surface area contributed by atoms with E-state index in [-0.39, 0.29) is 0 Å². The molecule has 2 heterocycles. The molecular weight excluding hydrogens is 206 g/mol. The molecule has 0 spiro atoms. The number of hydrogen-bond acceptors (Lipinski definition) is 4. The van der Waals surface area contributed by atoms with Gasteiger partial charge in [0.25, 0.3) is 0 Å². The van der Waals surface area contributed by atoms with E-state index in [0.717, 1.165) is 22.3 Å². The molecule has 0 aliphatic carbocycles. The van der Waals surface area contributed by atoms with Gasteiger partial charge in [-0.1, -0.05) is 11.8 Å². The second-order valence-electron chi connectivity index (χ2n) is 4.04. The van der Waals surface area contributed by atoms with E-state index >= 15 is 0 Å². The zero-order valence-corrected chi connectivity index (χ0v) is 10.1. The lowest BCUT2D eigenvalue weighted by atomic mass is 10.3. The number of thioether (sulfide) groups is 1. The highest BCUT2D eigenvalue weighted by atomic mass is 32.2. The molecular formula is C11H17N3S. The van der Waals surface area contributed by atoms with Gasteiger partial charge in [-0.2, -0.15) is 0 Å². The van der Waals surface area contributed by atoms with Crippen LogP contribution in [0.15, 0.2) is 11.2 Å². The summed E-state index contributed by atoms with van der Waals surface area (Å²) >= 11 is 1.76. The van der Waals surface area contributed by atoms with Crippen LogP contribution in [0.25, 0.3) is 0 Å². The Labute approximate surface area is 95.1 Å². The first-order chi connectivity index (χ1) is 7.24. The van der Waals surface area contributed by atoms with Crippen LogP contribution in [0.1, 0.15) is 24.2 Å². The minimum absolute atomic E-state index is 0.652. The predicted molar refractivity (Wildman–Crippen MR) is 63.3 cm³/mol. The van der Waals surface area contributed by atoms with Gasteiger partial charge in [-0.3, -0.25) is 0 Å². The second-order valence-corrected chi connectivity index (χ2v) is 5.02. The molecule has 1 aromatic rings. The van der Waals surface area contributed by atoms with Gasteiger partial charge in [0.1, 0.15) is 0 Å². The van der Waals surface area contributed by atoms with Crippen molar-refractivity contribution in [1.29, 1.82) is 0 Å². The van der Waals surface area contributed by atoms with Gasteiger partial charge in [0.05, 0.1) is 0 Å². The average molecular weight is 223 g/mol. The first kappa shape index (κ1) is 10.9. The van der Waals surface area contributed by atoms with E-state index in [2.05, 4.69) is 15.3 Å². The van der Waals surface area contributed by atoms with Crippen LogP contribution in [0, 0.1) is 13.8 Å². The number of rotatable bonds is 3. The average Bonchev–Trinajstić information content (AvgIpc) is 2.65. The van der Waals surface area contributed by atoms with Crippen molar-refractivity contribution >= 4 is 11.8 Å². The first-order valence-corrected chi connectivity index (χ1v) is 6.41. The fourth-order valence-corrected chi connectivity index (χ4v) is 2.88. The molecule has 82 valence electrons. The number of hydrogen-bond donors (Lipinski definition) is 1. The van der Waals surface area contributed by atoms with Crippen molar-refractivity contribution in [3.05, 3.63) is 17.5 Å². The van der Waals surface area contributed by atoms with Gasteiger partial charge >= 0.3 is 0 Å². The summed E-state index contributed by atoms with van der Waals surface area (Å²) in [7, 11) is 0. The smallest absolute Gasteiger partial charge is 0.188 e. The van der Waals surface area contributed by atoms with Crippen LogP contribution in [0.3, 0.4) is 0 Å². The van der Waals surface area contributed by atoms with Gasteiger partial charge in [0.15, 0.2) is 5.16 Å². The van der Waals surface area contributed by atoms with E-state index in [1.807, 2.05) is 19.9 Å². The SMILES string of the molecule is Cc1cc(C)nc(SC[C@@H]2CCCN2)n1. The molecule has 0 amide bonds. The van der Waals surface area contributed by atoms with Gasteiger partial charge in [0, 0.05) is 23.2 Å². The van der Waals surface area contributed by atoms with Gasteiger partial charge < -0.3 is 5.32 Å². The van der Waals surface area contributed by atoms with Crippen LogP contribution in [0.4, 0.5) is 0 Å². The van der Waals surface area contributed by atoms with Crippen LogP contribution in [0.5, 0.6) is 0 Å². The van der Waals surface area contributed by atoms with Crippen molar-refractivity contribution in [2.75, 3.05) is 12.3 Å². The lowest BCUT2D eigenvalue weighted by Crippen LogP contribution is -2.23. The Balaban J connectivity index is 1.92. The molecule has 1 aliphatic rings. The van der Waals surface area contributed by atoms with Crippen molar-refractivity contribution in [3.63, 3.8) is 0 Å². The summed E-state index contributed by atoms with van der Waals surface area (Å²) in [6, 6.07) is 2.66. The fraction of sp³-hybridized carbons (Fsp3) is 0.636. The topological polar surface area (TPSA) is 37.8 Å².